The van der Waals surface area contributed by atoms with E-state index in [1.54, 1.807) is 14.0 Å². The zero-order chi connectivity index (χ0) is 18.2. The van der Waals surface area contributed by atoms with E-state index in [2.05, 4.69) is 10.6 Å². The summed E-state index contributed by atoms with van der Waals surface area (Å²) in [6.07, 6.45) is 0.661. The first-order valence-corrected chi connectivity index (χ1v) is 8.08. The minimum absolute atomic E-state index is 0.0894. The van der Waals surface area contributed by atoms with Crippen molar-refractivity contribution in [1.82, 2.24) is 10.6 Å². The van der Waals surface area contributed by atoms with Crippen LogP contribution in [0, 0.1) is 11.6 Å². The Morgan fingerprint density at radius 1 is 1.16 bits per heavy atom. The molecule has 0 spiro atoms. The highest BCUT2D eigenvalue weighted by atomic mass is 19.2. The van der Waals surface area contributed by atoms with E-state index >= 15 is 0 Å². The summed E-state index contributed by atoms with van der Waals surface area (Å²) in [5.74, 6) is -1.15. The highest BCUT2D eigenvalue weighted by molar-refractivity contribution is 5.78. The quantitative estimate of drug-likeness (QED) is 0.771. The van der Waals surface area contributed by atoms with E-state index < -0.39 is 11.6 Å². The van der Waals surface area contributed by atoms with Crippen LogP contribution in [0.3, 0.4) is 0 Å². The number of methoxy groups -OCH3 is 1. The lowest BCUT2D eigenvalue weighted by molar-refractivity contribution is -0.120. The van der Waals surface area contributed by atoms with E-state index in [0.29, 0.717) is 18.5 Å². The zero-order valence-corrected chi connectivity index (χ0v) is 14.3. The van der Waals surface area contributed by atoms with Crippen LogP contribution in [0.4, 0.5) is 8.78 Å². The van der Waals surface area contributed by atoms with E-state index in [-0.39, 0.29) is 18.5 Å². The van der Waals surface area contributed by atoms with E-state index in [9.17, 15) is 13.6 Å². The lowest BCUT2D eigenvalue weighted by Gasteiger charge is -2.14. The maximum absolute atomic E-state index is 13.2. The third-order valence-electron chi connectivity index (χ3n) is 3.92. The number of benzene rings is 2. The molecule has 0 bridgehead atoms. The number of halogens is 2. The van der Waals surface area contributed by atoms with Crippen molar-refractivity contribution >= 4 is 5.91 Å². The highest BCUT2D eigenvalue weighted by Gasteiger charge is 2.10. The smallest absolute Gasteiger partial charge is 0.233 e. The van der Waals surface area contributed by atoms with Crippen molar-refractivity contribution < 1.29 is 18.3 Å². The third kappa shape index (κ3) is 5.53. The van der Waals surface area contributed by atoms with Crippen LogP contribution >= 0.6 is 0 Å². The van der Waals surface area contributed by atoms with Crippen molar-refractivity contribution in [3.05, 3.63) is 65.2 Å². The summed E-state index contributed by atoms with van der Waals surface area (Å²) in [5, 5.41) is 5.81. The molecule has 0 fully saturated rings. The lowest BCUT2D eigenvalue weighted by atomic mass is 10.1. The van der Waals surface area contributed by atoms with Crippen LogP contribution in [-0.2, 0) is 11.2 Å². The number of rotatable bonds is 8. The number of carbonyl (C=O) groups is 1. The van der Waals surface area contributed by atoms with Gasteiger partial charge in [0.25, 0.3) is 0 Å². The van der Waals surface area contributed by atoms with E-state index in [1.165, 1.54) is 6.07 Å². The second-order valence-electron chi connectivity index (χ2n) is 5.69. The third-order valence-corrected chi connectivity index (χ3v) is 3.92. The minimum Gasteiger partial charge on any atom is -0.496 e. The fraction of sp³-hybridized carbons (Fsp3) is 0.316. The second kappa shape index (κ2) is 9.13. The van der Waals surface area contributed by atoms with Gasteiger partial charge in [-0.05, 0) is 42.7 Å². The van der Waals surface area contributed by atoms with Crippen molar-refractivity contribution in [3.8, 4) is 5.75 Å². The molecule has 2 aromatic rings. The average molecular weight is 348 g/mol. The summed E-state index contributed by atoms with van der Waals surface area (Å²) in [6.45, 7) is 2.36. The predicted molar refractivity (Wildman–Crippen MR) is 92.5 cm³/mol. The number of para-hydroxylation sites is 1. The molecule has 0 unspecified atom stereocenters. The summed E-state index contributed by atoms with van der Waals surface area (Å²) >= 11 is 0. The highest BCUT2D eigenvalue weighted by Crippen LogP contribution is 2.17. The molecule has 0 aliphatic carbocycles. The number of nitrogens with one attached hydrogen (secondary N) is 2. The van der Waals surface area contributed by atoms with Crippen LogP contribution in [0.2, 0.25) is 0 Å². The SMILES string of the molecule is COc1ccccc1CCNC(=O)CN[C@H](C)c1ccc(F)c(F)c1. The molecular weight excluding hydrogens is 326 g/mol. The molecule has 0 aliphatic heterocycles. The van der Waals surface area contributed by atoms with Crippen molar-refractivity contribution in [2.75, 3.05) is 20.2 Å². The molecule has 0 aliphatic rings. The van der Waals surface area contributed by atoms with Gasteiger partial charge in [-0.2, -0.15) is 0 Å². The summed E-state index contributed by atoms with van der Waals surface area (Å²) < 4.78 is 31.4. The largest absolute Gasteiger partial charge is 0.496 e. The Bertz CT molecular complexity index is 722. The van der Waals surface area contributed by atoms with Gasteiger partial charge in [0.1, 0.15) is 5.75 Å². The average Bonchev–Trinajstić information content (AvgIpc) is 2.62. The van der Waals surface area contributed by atoms with Crippen LogP contribution < -0.4 is 15.4 Å². The van der Waals surface area contributed by atoms with Gasteiger partial charge in [-0.3, -0.25) is 4.79 Å². The molecular formula is C19H22F2N2O2. The fourth-order valence-corrected chi connectivity index (χ4v) is 2.45. The standard InChI is InChI=1S/C19H22F2N2O2/c1-13(15-7-8-16(20)17(21)11-15)23-12-19(24)22-10-9-14-5-3-4-6-18(14)25-2/h3-8,11,13,23H,9-10,12H2,1-2H3,(H,22,24)/t13-/m1/s1. The van der Waals surface area contributed by atoms with Crippen molar-refractivity contribution in [2.24, 2.45) is 0 Å². The topological polar surface area (TPSA) is 50.4 Å². The zero-order valence-electron chi connectivity index (χ0n) is 14.3. The molecule has 0 saturated heterocycles. The minimum atomic E-state index is -0.896. The molecule has 0 radical (unpaired) electrons. The van der Waals surface area contributed by atoms with Gasteiger partial charge >= 0.3 is 0 Å². The van der Waals surface area contributed by atoms with Gasteiger partial charge in [-0.1, -0.05) is 24.3 Å². The van der Waals surface area contributed by atoms with Gasteiger partial charge in [-0.25, -0.2) is 8.78 Å². The summed E-state index contributed by atoms with van der Waals surface area (Å²) in [7, 11) is 1.61. The molecule has 134 valence electrons. The molecule has 0 heterocycles. The predicted octanol–water partition coefficient (Wildman–Crippen LogP) is 2.98. The Hall–Kier alpha value is -2.47. The van der Waals surface area contributed by atoms with Gasteiger partial charge in [0.15, 0.2) is 11.6 Å². The first-order valence-electron chi connectivity index (χ1n) is 8.08. The van der Waals surface area contributed by atoms with Crippen LogP contribution in [0.15, 0.2) is 42.5 Å². The molecule has 2 rings (SSSR count). The number of hydrogen-bond acceptors (Lipinski definition) is 3. The Morgan fingerprint density at radius 2 is 1.92 bits per heavy atom. The normalized spacial score (nSPS) is 11.8. The molecule has 4 nitrogen and oxygen atoms in total. The number of hydrogen-bond donors (Lipinski definition) is 2. The van der Waals surface area contributed by atoms with Crippen LogP contribution in [0.25, 0.3) is 0 Å². The summed E-state index contributed by atoms with van der Waals surface area (Å²) in [6, 6.07) is 11.1. The molecule has 0 aromatic heterocycles. The monoisotopic (exact) mass is 348 g/mol. The van der Waals surface area contributed by atoms with Crippen molar-refractivity contribution in [3.63, 3.8) is 0 Å². The van der Waals surface area contributed by atoms with Gasteiger partial charge in [0.05, 0.1) is 13.7 Å². The maximum atomic E-state index is 13.2. The van der Waals surface area contributed by atoms with Crippen LogP contribution in [0.5, 0.6) is 5.75 Å². The van der Waals surface area contributed by atoms with Gasteiger partial charge in [0, 0.05) is 12.6 Å². The van der Waals surface area contributed by atoms with E-state index in [0.717, 1.165) is 23.4 Å². The Morgan fingerprint density at radius 3 is 2.64 bits per heavy atom. The molecule has 2 N–H and O–H groups in total. The molecule has 2 aromatic carbocycles. The second-order valence-corrected chi connectivity index (χ2v) is 5.69. The fourth-order valence-electron chi connectivity index (χ4n) is 2.45. The molecule has 1 amide bonds. The van der Waals surface area contributed by atoms with Gasteiger partial charge in [0.2, 0.25) is 5.91 Å². The summed E-state index contributed by atoms with van der Waals surface area (Å²) in [4.78, 5) is 11.9. The van der Waals surface area contributed by atoms with Crippen molar-refractivity contribution in [2.45, 2.75) is 19.4 Å². The number of ether oxygens (including phenoxy) is 1. The Labute approximate surface area is 146 Å². The molecule has 6 heteroatoms. The van der Waals surface area contributed by atoms with E-state index in [1.807, 2.05) is 24.3 Å². The van der Waals surface area contributed by atoms with Crippen LogP contribution in [0.1, 0.15) is 24.1 Å². The first-order chi connectivity index (χ1) is 12.0. The first kappa shape index (κ1) is 18.9. The van der Waals surface area contributed by atoms with E-state index in [4.69, 9.17) is 4.74 Å². The number of carbonyl (C=O) groups excluding carboxylic acids is 1. The number of amides is 1. The maximum Gasteiger partial charge on any atom is 0.233 e. The summed E-state index contributed by atoms with van der Waals surface area (Å²) in [5.41, 5.74) is 1.61. The van der Waals surface area contributed by atoms with Crippen LogP contribution in [-0.4, -0.2) is 26.1 Å². The molecule has 1 atom stereocenters. The van der Waals surface area contributed by atoms with Gasteiger partial charge in [-0.15, -0.1) is 0 Å². The van der Waals surface area contributed by atoms with Gasteiger partial charge < -0.3 is 15.4 Å². The molecule has 25 heavy (non-hydrogen) atoms. The lowest BCUT2D eigenvalue weighted by Crippen LogP contribution is -2.36. The Balaban J connectivity index is 1.75. The molecule has 0 saturated carbocycles. The van der Waals surface area contributed by atoms with Crippen molar-refractivity contribution in [1.29, 1.82) is 0 Å². The Kier molecular flexibility index (Phi) is 6.89.